The number of nitrogen functional groups attached to an aromatic ring is 1. The average Bonchev–Trinajstić information content (AvgIpc) is 2.28. The number of nitrogens with one attached hydrogen (secondary N) is 1. The molecular formula is C13H22N4. The number of benzene rings is 1. The van der Waals surface area contributed by atoms with Gasteiger partial charge in [-0.2, -0.15) is 0 Å². The Hall–Kier alpha value is -1.55. The summed E-state index contributed by atoms with van der Waals surface area (Å²) in [5, 5.41) is 7.42. The molecule has 3 N–H and O–H groups in total. The number of anilines is 1. The van der Waals surface area contributed by atoms with Crippen molar-refractivity contribution in [3.05, 3.63) is 29.8 Å². The van der Waals surface area contributed by atoms with E-state index < -0.39 is 0 Å². The van der Waals surface area contributed by atoms with E-state index in [4.69, 9.17) is 11.1 Å². The van der Waals surface area contributed by atoms with E-state index in [0.29, 0.717) is 0 Å². The summed E-state index contributed by atoms with van der Waals surface area (Å²) in [6.45, 7) is 2.08. The maximum absolute atomic E-state index is 7.42. The van der Waals surface area contributed by atoms with Crippen LogP contribution in [0.25, 0.3) is 0 Å². The minimum Gasteiger partial charge on any atom is -0.384 e. The van der Waals surface area contributed by atoms with Gasteiger partial charge in [-0.1, -0.05) is 12.1 Å². The smallest absolute Gasteiger partial charge is 0.122 e. The van der Waals surface area contributed by atoms with Crippen LogP contribution in [0.1, 0.15) is 12.0 Å². The molecular weight excluding hydrogens is 212 g/mol. The molecule has 94 valence electrons. The highest BCUT2D eigenvalue weighted by Crippen LogP contribution is 2.14. The van der Waals surface area contributed by atoms with Crippen LogP contribution >= 0.6 is 0 Å². The Bertz CT molecular complexity index is 373. The first kappa shape index (κ1) is 13.5. The molecule has 0 radical (unpaired) electrons. The molecule has 4 heteroatoms. The van der Waals surface area contributed by atoms with Gasteiger partial charge in [0.25, 0.3) is 0 Å². The summed E-state index contributed by atoms with van der Waals surface area (Å²) in [5.41, 5.74) is 7.37. The molecule has 1 rings (SSSR count). The van der Waals surface area contributed by atoms with Crippen LogP contribution < -0.4 is 10.6 Å². The second-order valence-corrected chi connectivity index (χ2v) is 4.54. The van der Waals surface area contributed by atoms with Crippen LogP contribution in [-0.2, 0) is 0 Å². The minimum absolute atomic E-state index is 0.119. The average molecular weight is 234 g/mol. The molecule has 0 bridgehead atoms. The Morgan fingerprint density at radius 2 is 1.94 bits per heavy atom. The van der Waals surface area contributed by atoms with Crippen LogP contribution in [0.15, 0.2) is 24.3 Å². The van der Waals surface area contributed by atoms with Gasteiger partial charge in [0.15, 0.2) is 0 Å². The van der Waals surface area contributed by atoms with Gasteiger partial charge in [-0.15, -0.1) is 0 Å². The summed E-state index contributed by atoms with van der Waals surface area (Å²) in [6.07, 6.45) is 1.12. The highest BCUT2D eigenvalue weighted by molar-refractivity contribution is 5.95. The summed E-state index contributed by atoms with van der Waals surface area (Å²) in [5.74, 6) is 0.119. The Balaban J connectivity index is 2.59. The zero-order chi connectivity index (χ0) is 12.8. The molecule has 0 saturated carbocycles. The van der Waals surface area contributed by atoms with Crippen molar-refractivity contribution < 1.29 is 0 Å². The van der Waals surface area contributed by atoms with Crippen molar-refractivity contribution in [2.24, 2.45) is 5.73 Å². The van der Waals surface area contributed by atoms with Gasteiger partial charge in [-0.3, -0.25) is 5.41 Å². The fourth-order valence-electron chi connectivity index (χ4n) is 1.66. The van der Waals surface area contributed by atoms with E-state index in [9.17, 15) is 0 Å². The summed E-state index contributed by atoms with van der Waals surface area (Å²) < 4.78 is 0. The third-order valence-corrected chi connectivity index (χ3v) is 2.70. The van der Waals surface area contributed by atoms with Gasteiger partial charge in [-0.05, 0) is 39.2 Å². The van der Waals surface area contributed by atoms with E-state index in [1.807, 2.05) is 24.3 Å². The van der Waals surface area contributed by atoms with E-state index in [2.05, 4.69) is 30.9 Å². The molecule has 0 fully saturated rings. The van der Waals surface area contributed by atoms with E-state index in [-0.39, 0.29) is 5.84 Å². The standard InChI is InChI=1S/C13H22N4/c1-16(2)8-5-9-17(3)12-7-4-6-11(10-12)13(14)15/h4,6-7,10H,5,8-9H2,1-3H3,(H3,14,15). The monoisotopic (exact) mass is 234 g/mol. The lowest BCUT2D eigenvalue weighted by Crippen LogP contribution is -2.23. The second kappa shape index (κ2) is 6.25. The summed E-state index contributed by atoms with van der Waals surface area (Å²) in [4.78, 5) is 4.37. The van der Waals surface area contributed by atoms with Gasteiger partial charge in [0.05, 0.1) is 0 Å². The summed E-state index contributed by atoms with van der Waals surface area (Å²) in [6, 6.07) is 7.80. The fraction of sp³-hybridized carbons (Fsp3) is 0.462. The van der Waals surface area contributed by atoms with Gasteiger partial charge in [0.2, 0.25) is 0 Å². The first-order valence-electron chi connectivity index (χ1n) is 5.81. The predicted octanol–water partition coefficient (Wildman–Crippen LogP) is 1.36. The molecule has 0 aliphatic rings. The summed E-state index contributed by atoms with van der Waals surface area (Å²) >= 11 is 0. The van der Waals surface area contributed by atoms with Crippen LogP contribution in [0.3, 0.4) is 0 Å². The van der Waals surface area contributed by atoms with Crippen LogP contribution in [0.5, 0.6) is 0 Å². The first-order chi connectivity index (χ1) is 8.00. The lowest BCUT2D eigenvalue weighted by atomic mass is 10.1. The second-order valence-electron chi connectivity index (χ2n) is 4.54. The van der Waals surface area contributed by atoms with E-state index in [1.165, 1.54) is 0 Å². The molecule has 4 nitrogen and oxygen atoms in total. The molecule has 0 aliphatic heterocycles. The van der Waals surface area contributed by atoms with Crippen molar-refractivity contribution >= 4 is 11.5 Å². The van der Waals surface area contributed by atoms with Gasteiger partial charge >= 0.3 is 0 Å². The van der Waals surface area contributed by atoms with Crippen LogP contribution in [0.2, 0.25) is 0 Å². The molecule has 17 heavy (non-hydrogen) atoms. The number of hydrogen-bond acceptors (Lipinski definition) is 3. The predicted molar refractivity (Wildman–Crippen MR) is 73.9 cm³/mol. The number of nitrogens with two attached hydrogens (primary N) is 1. The van der Waals surface area contributed by atoms with Gasteiger partial charge in [0, 0.05) is 24.8 Å². The number of rotatable bonds is 6. The third-order valence-electron chi connectivity index (χ3n) is 2.70. The highest BCUT2D eigenvalue weighted by Gasteiger charge is 2.03. The molecule has 0 amide bonds. The van der Waals surface area contributed by atoms with Crippen molar-refractivity contribution in [3.8, 4) is 0 Å². The molecule has 0 atom stereocenters. The molecule has 0 spiro atoms. The van der Waals surface area contributed by atoms with Crippen molar-refractivity contribution in [1.82, 2.24) is 4.90 Å². The molecule has 0 saturated heterocycles. The lowest BCUT2D eigenvalue weighted by Gasteiger charge is -2.21. The van der Waals surface area contributed by atoms with Crippen LogP contribution in [0.4, 0.5) is 5.69 Å². The van der Waals surface area contributed by atoms with Crippen molar-refractivity contribution in [2.45, 2.75) is 6.42 Å². The van der Waals surface area contributed by atoms with Gasteiger partial charge in [-0.25, -0.2) is 0 Å². The van der Waals surface area contributed by atoms with Crippen LogP contribution in [0, 0.1) is 5.41 Å². The molecule has 1 aromatic rings. The molecule has 0 heterocycles. The Morgan fingerprint density at radius 3 is 2.53 bits per heavy atom. The first-order valence-corrected chi connectivity index (χ1v) is 5.81. The quantitative estimate of drug-likeness (QED) is 0.577. The largest absolute Gasteiger partial charge is 0.384 e. The number of nitrogens with zero attached hydrogens (tertiary/aromatic N) is 2. The number of amidine groups is 1. The molecule has 0 aliphatic carbocycles. The zero-order valence-electron chi connectivity index (χ0n) is 10.9. The number of hydrogen-bond donors (Lipinski definition) is 2. The highest BCUT2D eigenvalue weighted by atomic mass is 15.1. The lowest BCUT2D eigenvalue weighted by molar-refractivity contribution is 0.401. The zero-order valence-corrected chi connectivity index (χ0v) is 10.9. The maximum atomic E-state index is 7.42. The maximum Gasteiger partial charge on any atom is 0.122 e. The van der Waals surface area contributed by atoms with Crippen molar-refractivity contribution in [3.63, 3.8) is 0 Å². The van der Waals surface area contributed by atoms with E-state index in [0.717, 1.165) is 30.8 Å². The SMILES string of the molecule is CN(C)CCCN(C)c1cccc(C(=N)N)c1. The molecule has 0 unspecified atom stereocenters. The molecule has 0 aromatic heterocycles. The Kier molecular flexibility index (Phi) is 4.97. The Morgan fingerprint density at radius 1 is 1.24 bits per heavy atom. The van der Waals surface area contributed by atoms with Gasteiger partial charge < -0.3 is 15.5 Å². The van der Waals surface area contributed by atoms with Crippen molar-refractivity contribution in [2.75, 3.05) is 39.1 Å². The van der Waals surface area contributed by atoms with Crippen molar-refractivity contribution in [1.29, 1.82) is 5.41 Å². The normalized spacial score (nSPS) is 10.6. The van der Waals surface area contributed by atoms with E-state index in [1.54, 1.807) is 0 Å². The van der Waals surface area contributed by atoms with Crippen LogP contribution in [-0.4, -0.2) is 45.0 Å². The Labute approximate surface area is 104 Å². The minimum atomic E-state index is 0.119. The fourth-order valence-corrected chi connectivity index (χ4v) is 1.66. The third kappa shape index (κ3) is 4.44. The van der Waals surface area contributed by atoms with E-state index >= 15 is 0 Å². The summed E-state index contributed by atoms with van der Waals surface area (Å²) in [7, 11) is 6.22. The topological polar surface area (TPSA) is 56.4 Å². The molecule has 1 aromatic carbocycles. The van der Waals surface area contributed by atoms with Gasteiger partial charge in [0.1, 0.15) is 5.84 Å².